The predicted molar refractivity (Wildman–Crippen MR) is 61.6 cm³/mol. The van der Waals surface area contributed by atoms with Gasteiger partial charge in [-0.25, -0.2) is 4.79 Å². The molecule has 1 aliphatic carbocycles. The molecule has 0 N–H and O–H groups in total. The molecular weight excluding hydrogens is 188 g/mol. The molecule has 0 amide bonds. The Morgan fingerprint density at radius 2 is 2.00 bits per heavy atom. The minimum atomic E-state index is -0.392. The zero-order valence-corrected chi connectivity index (χ0v) is 10.5. The molecule has 1 saturated carbocycles. The Kier molecular flexibility index (Phi) is 3.27. The van der Waals surface area contributed by atoms with Gasteiger partial charge in [-0.3, -0.25) is 0 Å². The van der Waals surface area contributed by atoms with Gasteiger partial charge in [0.1, 0.15) is 5.60 Å². The highest BCUT2D eigenvalue weighted by Crippen LogP contribution is 2.41. The number of carbonyl (C=O) groups is 1. The quantitative estimate of drug-likeness (QED) is 0.489. The summed E-state index contributed by atoms with van der Waals surface area (Å²) in [4.78, 5) is 11.6. The van der Waals surface area contributed by atoms with Crippen molar-refractivity contribution < 1.29 is 9.53 Å². The highest BCUT2D eigenvalue weighted by Gasteiger charge is 2.29. The highest BCUT2D eigenvalue weighted by atomic mass is 16.6. The third-order valence-corrected chi connectivity index (χ3v) is 2.82. The first-order valence-electron chi connectivity index (χ1n) is 5.65. The Labute approximate surface area is 92.7 Å². The summed E-state index contributed by atoms with van der Waals surface area (Å²) in [5.74, 6) is -0.201. The van der Waals surface area contributed by atoms with Gasteiger partial charge in [-0.2, -0.15) is 0 Å². The molecule has 1 fully saturated rings. The monoisotopic (exact) mass is 210 g/mol. The van der Waals surface area contributed by atoms with Crippen molar-refractivity contribution in [2.75, 3.05) is 0 Å². The maximum absolute atomic E-state index is 11.6. The Morgan fingerprint density at radius 3 is 2.40 bits per heavy atom. The first-order valence-corrected chi connectivity index (χ1v) is 5.65. The molecular formula is C13H22O2. The molecule has 0 bridgehead atoms. The summed E-state index contributed by atoms with van der Waals surface area (Å²) in [5.41, 5.74) is 1.02. The summed E-state index contributed by atoms with van der Waals surface area (Å²) < 4.78 is 5.28. The van der Waals surface area contributed by atoms with Crippen LogP contribution in [0.1, 0.15) is 53.9 Å². The van der Waals surface area contributed by atoms with Crippen LogP contribution >= 0.6 is 0 Å². The molecule has 1 aliphatic rings. The van der Waals surface area contributed by atoms with E-state index in [9.17, 15) is 4.79 Å². The lowest BCUT2D eigenvalue weighted by atomic mass is 9.87. The van der Waals surface area contributed by atoms with Gasteiger partial charge >= 0.3 is 5.97 Å². The van der Waals surface area contributed by atoms with Crippen molar-refractivity contribution in [3.05, 3.63) is 11.6 Å². The summed E-state index contributed by atoms with van der Waals surface area (Å²) in [6.07, 6.45) is 5.08. The molecule has 0 atom stereocenters. The fourth-order valence-electron chi connectivity index (χ4n) is 1.96. The first kappa shape index (κ1) is 12.3. The van der Waals surface area contributed by atoms with Gasteiger partial charge in [0.2, 0.25) is 0 Å². The molecule has 2 heteroatoms. The number of esters is 1. The van der Waals surface area contributed by atoms with Gasteiger partial charge in [-0.05, 0) is 45.4 Å². The third kappa shape index (κ3) is 3.69. The Bertz CT molecular complexity index is 279. The van der Waals surface area contributed by atoms with Crippen molar-refractivity contribution in [2.45, 2.75) is 59.5 Å². The molecule has 0 unspecified atom stereocenters. The van der Waals surface area contributed by atoms with Gasteiger partial charge in [0.15, 0.2) is 0 Å². The molecule has 0 heterocycles. The van der Waals surface area contributed by atoms with Crippen LogP contribution in [-0.4, -0.2) is 11.6 Å². The normalized spacial score (nSPS) is 23.1. The Balaban J connectivity index is 2.68. The van der Waals surface area contributed by atoms with Crippen LogP contribution in [0.15, 0.2) is 11.6 Å². The molecule has 0 radical (unpaired) electrons. The zero-order valence-electron chi connectivity index (χ0n) is 10.5. The number of hydrogen-bond donors (Lipinski definition) is 0. The van der Waals surface area contributed by atoms with Crippen molar-refractivity contribution >= 4 is 5.97 Å². The maximum atomic E-state index is 11.6. The largest absolute Gasteiger partial charge is 0.457 e. The Hall–Kier alpha value is -0.790. The van der Waals surface area contributed by atoms with E-state index >= 15 is 0 Å². The summed E-state index contributed by atoms with van der Waals surface area (Å²) in [6.45, 7) is 10.1. The molecule has 1 rings (SSSR count). The maximum Gasteiger partial charge on any atom is 0.331 e. The average molecular weight is 210 g/mol. The van der Waals surface area contributed by atoms with Gasteiger partial charge in [0.05, 0.1) is 0 Å². The number of hydrogen-bond acceptors (Lipinski definition) is 2. The number of allylic oxidation sites excluding steroid dienone is 1. The van der Waals surface area contributed by atoms with E-state index < -0.39 is 5.60 Å². The van der Waals surface area contributed by atoms with Crippen molar-refractivity contribution in [3.8, 4) is 0 Å². The fourth-order valence-corrected chi connectivity index (χ4v) is 1.96. The van der Waals surface area contributed by atoms with E-state index in [1.54, 1.807) is 6.08 Å². The van der Waals surface area contributed by atoms with Crippen LogP contribution in [-0.2, 0) is 9.53 Å². The number of ether oxygens (including phenoxy) is 1. The summed E-state index contributed by atoms with van der Waals surface area (Å²) in [7, 11) is 0. The second-order valence-corrected chi connectivity index (χ2v) is 5.94. The molecule has 0 spiro atoms. The zero-order chi connectivity index (χ0) is 11.7. The van der Waals surface area contributed by atoms with E-state index in [0.29, 0.717) is 0 Å². The first-order chi connectivity index (χ1) is 6.71. The molecule has 86 valence electrons. The second kappa shape index (κ2) is 3.99. The van der Waals surface area contributed by atoms with E-state index in [-0.39, 0.29) is 11.4 Å². The van der Waals surface area contributed by atoms with Crippen molar-refractivity contribution in [1.82, 2.24) is 0 Å². The van der Waals surface area contributed by atoms with Crippen molar-refractivity contribution in [3.63, 3.8) is 0 Å². The fraction of sp³-hybridized carbons (Fsp3) is 0.769. The van der Waals surface area contributed by atoms with Crippen molar-refractivity contribution in [2.24, 2.45) is 5.41 Å². The smallest absolute Gasteiger partial charge is 0.331 e. The van der Waals surface area contributed by atoms with Crippen molar-refractivity contribution in [1.29, 1.82) is 0 Å². The van der Waals surface area contributed by atoms with Crippen LogP contribution in [0, 0.1) is 5.41 Å². The molecule has 0 aromatic rings. The second-order valence-electron chi connectivity index (χ2n) is 5.94. The molecule has 0 aromatic carbocycles. The Morgan fingerprint density at radius 1 is 1.40 bits per heavy atom. The van der Waals surface area contributed by atoms with E-state index in [2.05, 4.69) is 13.8 Å². The topological polar surface area (TPSA) is 26.3 Å². The van der Waals surface area contributed by atoms with Crippen LogP contribution in [0.4, 0.5) is 0 Å². The highest BCUT2D eigenvalue weighted by molar-refractivity contribution is 5.83. The van der Waals surface area contributed by atoms with Crippen LogP contribution in [0.5, 0.6) is 0 Å². The lowest BCUT2D eigenvalue weighted by Gasteiger charge is -2.21. The standard InChI is InChI=1S/C13H22O2/c1-12(2,3)15-11(14)9-10-7-6-8-13(10,4)5/h9H,6-8H2,1-5H3/b10-9-. The van der Waals surface area contributed by atoms with Gasteiger partial charge in [0, 0.05) is 6.08 Å². The minimum absolute atomic E-state index is 0.177. The van der Waals surface area contributed by atoms with Crippen LogP contribution in [0.25, 0.3) is 0 Å². The van der Waals surface area contributed by atoms with Gasteiger partial charge in [-0.15, -0.1) is 0 Å². The van der Waals surface area contributed by atoms with Gasteiger partial charge in [-0.1, -0.05) is 19.4 Å². The minimum Gasteiger partial charge on any atom is -0.457 e. The molecule has 0 saturated heterocycles. The van der Waals surface area contributed by atoms with Gasteiger partial charge < -0.3 is 4.74 Å². The summed E-state index contributed by atoms with van der Waals surface area (Å²) >= 11 is 0. The summed E-state index contributed by atoms with van der Waals surface area (Å²) in [6, 6.07) is 0. The van der Waals surface area contributed by atoms with Crippen LogP contribution in [0.2, 0.25) is 0 Å². The van der Waals surface area contributed by atoms with E-state index in [1.165, 1.54) is 18.4 Å². The van der Waals surface area contributed by atoms with E-state index in [0.717, 1.165) is 6.42 Å². The molecule has 0 aliphatic heterocycles. The number of rotatable bonds is 1. The van der Waals surface area contributed by atoms with Crippen LogP contribution < -0.4 is 0 Å². The average Bonchev–Trinajstić information content (AvgIpc) is 2.26. The van der Waals surface area contributed by atoms with Gasteiger partial charge in [0.25, 0.3) is 0 Å². The lowest BCUT2D eigenvalue weighted by molar-refractivity contribution is -0.148. The third-order valence-electron chi connectivity index (χ3n) is 2.82. The lowest BCUT2D eigenvalue weighted by Crippen LogP contribution is -2.23. The van der Waals surface area contributed by atoms with E-state index in [1.807, 2.05) is 20.8 Å². The molecule has 15 heavy (non-hydrogen) atoms. The molecule has 0 aromatic heterocycles. The SMILES string of the molecule is CC(C)(C)OC(=O)/C=C1/CCCC1(C)C. The summed E-state index contributed by atoms with van der Waals surface area (Å²) in [5, 5.41) is 0. The predicted octanol–water partition coefficient (Wildman–Crippen LogP) is 3.46. The number of carbonyl (C=O) groups excluding carboxylic acids is 1. The van der Waals surface area contributed by atoms with Crippen LogP contribution in [0.3, 0.4) is 0 Å². The van der Waals surface area contributed by atoms with E-state index in [4.69, 9.17) is 4.74 Å². The molecule has 2 nitrogen and oxygen atoms in total.